The summed E-state index contributed by atoms with van der Waals surface area (Å²) in [6.45, 7) is 1.90. The van der Waals surface area contributed by atoms with Crippen LogP contribution in [0.15, 0.2) is 17.5 Å². The molecule has 1 aliphatic heterocycles. The minimum absolute atomic E-state index is 0.160. The summed E-state index contributed by atoms with van der Waals surface area (Å²) in [5.74, 6) is 1.05. The number of carbonyl (C=O) groups is 1. The van der Waals surface area contributed by atoms with Gasteiger partial charge >= 0.3 is 0 Å². The number of thiophene rings is 1. The van der Waals surface area contributed by atoms with E-state index in [2.05, 4.69) is 28.1 Å². The van der Waals surface area contributed by atoms with Gasteiger partial charge in [0.1, 0.15) is 0 Å². The zero-order valence-corrected chi connectivity index (χ0v) is 12.8. The van der Waals surface area contributed by atoms with Gasteiger partial charge in [0.05, 0.1) is 12.0 Å². The van der Waals surface area contributed by atoms with Crippen molar-refractivity contribution < 1.29 is 4.79 Å². The summed E-state index contributed by atoms with van der Waals surface area (Å²) in [5.41, 5.74) is 0. The first kappa shape index (κ1) is 14.1. The molecule has 2 unspecified atom stereocenters. The summed E-state index contributed by atoms with van der Waals surface area (Å²) < 4.78 is 0. The molecule has 0 aromatic carbocycles. The van der Waals surface area contributed by atoms with Crippen molar-refractivity contribution in [3.05, 3.63) is 22.4 Å². The number of amides is 1. The van der Waals surface area contributed by atoms with Crippen LogP contribution in [0.3, 0.4) is 0 Å². The van der Waals surface area contributed by atoms with E-state index in [0.29, 0.717) is 5.92 Å². The Morgan fingerprint density at radius 1 is 1.30 bits per heavy atom. The Kier molecular flexibility index (Phi) is 4.73. The third-order valence-electron chi connectivity index (χ3n) is 4.69. The Morgan fingerprint density at radius 2 is 2.15 bits per heavy atom. The summed E-state index contributed by atoms with van der Waals surface area (Å²) in [7, 11) is 0. The van der Waals surface area contributed by atoms with Crippen molar-refractivity contribution in [3.63, 3.8) is 0 Å². The van der Waals surface area contributed by atoms with Crippen molar-refractivity contribution in [2.24, 2.45) is 11.8 Å². The number of hydrogen-bond donors (Lipinski definition) is 2. The normalized spacial score (nSPS) is 25.5. The van der Waals surface area contributed by atoms with Crippen LogP contribution in [0.1, 0.15) is 49.4 Å². The van der Waals surface area contributed by atoms with Crippen LogP contribution in [-0.2, 0) is 4.79 Å². The molecule has 4 heteroatoms. The fourth-order valence-corrected chi connectivity index (χ4v) is 4.40. The van der Waals surface area contributed by atoms with Crippen molar-refractivity contribution in [1.29, 1.82) is 0 Å². The predicted octanol–water partition coefficient (Wildman–Crippen LogP) is 3.10. The lowest BCUT2D eigenvalue weighted by Gasteiger charge is -2.28. The topological polar surface area (TPSA) is 41.1 Å². The summed E-state index contributed by atoms with van der Waals surface area (Å²) in [6.07, 6.45) is 7.28. The van der Waals surface area contributed by atoms with Gasteiger partial charge in [-0.3, -0.25) is 4.79 Å². The quantitative estimate of drug-likeness (QED) is 0.895. The van der Waals surface area contributed by atoms with Gasteiger partial charge in [0.25, 0.3) is 0 Å². The molecule has 1 aromatic rings. The van der Waals surface area contributed by atoms with Gasteiger partial charge in [0, 0.05) is 11.4 Å². The van der Waals surface area contributed by atoms with Crippen molar-refractivity contribution >= 4 is 17.2 Å². The first-order valence-corrected chi connectivity index (χ1v) is 8.77. The molecule has 2 heterocycles. The van der Waals surface area contributed by atoms with Crippen LogP contribution < -0.4 is 10.6 Å². The van der Waals surface area contributed by atoms with E-state index < -0.39 is 0 Å². The van der Waals surface area contributed by atoms with Crippen LogP contribution in [0, 0.1) is 11.8 Å². The number of hydrogen-bond acceptors (Lipinski definition) is 3. The molecular weight excluding hydrogens is 268 g/mol. The largest absolute Gasteiger partial charge is 0.348 e. The maximum absolute atomic E-state index is 12.5. The van der Waals surface area contributed by atoms with E-state index in [1.54, 1.807) is 11.3 Å². The standard InChI is InChI=1S/C16H24N2OS/c19-16(13-7-3-9-17-11-13)18-15(12-5-1-2-6-12)14-8-4-10-20-14/h4,8,10,12-13,15,17H,1-3,5-7,9,11H2,(H,18,19). The van der Waals surface area contributed by atoms with Gasteiger partial charge in [-0.05, 0) is 49.6 Å². The first-order valence-electron chi connectivity index (χ1n) is 7.89. The highest BCUT2D eigenvalue weighted by molar-refractivity contribution is 7.10. The van der Waals surface area contributed by atoms with Gasteiger partial charge < -0.3 is 10.6 Å². The molecule has 1 saturated carbocycles. The van der Waals surface area contributed by atoms with Gasteiger partial charge in [-0.2, -0.15) is 0 Å². The molecule has 1 aromatic heterocycles. The predicted molar refractivity (Wildman–Crippen MR) is 82.8 cm³/mol. The first-order chi connectivity index (χ1) is 9.84. The van der Waals surface area contributed by atoms with Crippen molar-refractivity contribution in [3.8, 4) is 0 Å². The average molecular weight is 292 g/mol. The van der Waals surface area contributed by atoms with Crippen LogP contribution in [0.2, 0.25) is 0 Å². The monoisotopic (exact) mass is 292 g/mol. The highest BCUT2D eigenvalue weighted by atomic mass is 32.1. The van der Waals surface area contributed by atoms with Gasteiger partial charge in [-0.15, -0.1) is 11.3 Å². The fraction of sp³-hybridized carbons (Fsp3) is 0.688. The molecule has 1 amide bonds. The Labute approximate surface area is 125 Å². The van der Waals surface area contributed by atoms with Gasteiger partial charge in [0.15, 0.2) is 0 Å². The number of carbonyl (C=O) groups excluding carboxylic acids is 1. The molecule has 0 bridgehead atoms. The summed E-state index contributed by atoms with van der Waals surface area (Å²) >= 11 is 1.78. The molecule has 110 valence electrons. The minimum atomic E-state index is 0.160. The molecule has 2 atom stereocenters. The van der Waals surface area contributed by atoms with Gasteiger partial charge in [-0.25, -0.2) is 0 Å². The zero-order chi connectivity index (χ0) is 13.8. The third-order valence-corrected chi connectivity index (χ3v) is 5.64. The Hall–Kier alpha value is -0.870. The van der Waals surface area contributed by atoms with Crippen LogP contribution in [0.5, 0.6) is 0 Å². The second-order valence-corrected chi connectivity index (χ2v) is 7.07. The molecule has 20 heavy (non-hydrogen) atoms. The highest BCUT2D eigenvalue weighted by Crippen LogP contribution is 2.37. The molecule has 3 rings (SSSR count). The lowest BCUT2D eigenvalue weighted by atomic mass is 9.94. The number of nitrogens with one attached hydrogen (secondary N) is 2. The average Bonchev–Trinajstić information content (AvgIpc) is 3.19. The summed E-state index contributed by atoms with van der Waals surface area (Å²) in [4.78, 5) is 13.8. The molecule has 2 fully saturated rings. The van der Waals surface area contributed by atoms with Gasteiger partial charge in [-0.1, -0.05) is 18.9 Å². The van der Waals surface area contributed by atoms with E-state index >= 15 is 0 Å². The molecule has 3 nitrogen and oxygen atoms in total. The molecule has 1 aliphatic carbocycles. The number of piperidine rings is 1. The van der Waals surface area contributed by atoms with E-state index in [9.17, 15) is 4.79 Å². The van der Waals surface area contributed by atoms with Crippen molar-refractivity contribution in [1.82, 2.24) is 10.6 Å². The van der Waals surface area contributed by atoms with Crippen molar-refractivity contribution in [2.45, 2.75) is 44.6 Å². The Morgan fingerprint density at radius 3 is 2.80 bits per heavy atom. The molecule has 0 spiro atoms. The maximum Gasteiger partial charge on any atom is 0.224 e. The lowest BCUT2D eigenvalue weighted by Crippen LogP contribution is -2.43. The Balaban J connectivity index is 1.67. The Bertz CT molecular complexity index is 420. The summed E-state index contributed by atoms with van der Waals surface area (Å²) in [6, 6.07) is 4.51. The van der Waals surface area contributed by atoms with Crippen molar-refractivity contribution in [2.75, 3.05) is 13.1 Å². The minimum Gasteiger partial charge on any atom is -0.348 e. The van der Waals surface area contributed by atoms with Gasteiger partial charge in [0.2, 0.25) is 5.91 Å². The molecule has 2 aliphatic rings. The van der Waals surface area contributed by atoms with E-state index in [0.717, 1.165) is 25.9 Å². The molecule has 1 saturated heterocycles. The van der Waals surface area contributed by atoms with Crippen LogP contribution in [0.4, 0.5) is 0 Å². The second-order valence-electron chi connectivity index (χ2n) is 6.09. The fourth-order valence-electron chi connectivity index (χ4n) is 3.53. The summed E-state index contributed by atoms with van der Waals surface area (Å²) in [5, 5.41) is 8.81. The van der Waals surface area contributed by atoms with Crippen LogP contribution in [-0.4, -0.2) is 19.0 Å². The molecule has 2 N–H and O–H groups in total. The van der Waals surface area contributed by atoms with E-state index in [4.69, 9.17) is 0 Å². The number of rotatable bonds is 4. The van der Waals surface area contributed by atoms with E-state index in [1.165, 1.54) is 30.6 Å². The van der Waals surface area contributed by atoms with Crippen LogP contribution in [0.25, 0.3) is 0 Å². The van der Waals surface area contributed by atoms with Crippen LogP contribution >= 0.6 is 11.3 Å². The SMILES string of the molecule is O=C(NC(c1cccs1)C1CCCC1)C1CCCNC1. The second kappa shape index (κ2) is 6.72. The smallest absolute Gasteiger partial charge is 0.224 e. The van der Waals surface area contributed by atoms with E-state index in [-0.39, 0.29) is 17.9 Å². The van der Waals surface area contributed by atoms with E-state index in [1.807, 2.05) is 0 Å². The molecule has 0 radical (unpaired) electrons. The zero-order valence-electron chi connectivity index (χ0n) is 11.9. The lowest BCUT2D eigenvalue weighted by molar-refractivity contribution is -0.126. The molecular formula is C16H24N2OS. The maximum atomic E-state index is 12.5. The third kappa shape index (κ3) is 3.23. The highest BCUT2D eigenvalue weighted by Gasteiger charge is 2.30.